The quantitative estimate of drug-likeness (QED) is 0.152. The summed E-state index contributed by atoms with van der Waals surface area (Å²) in [5.74, 6) is -0.0875. The number of fused-ring (bicyclic) bond motifs is 1. The smallest absolute Gasteiger partial charge is 0.396 e. The van der Waals surface area contributed by atoms with Crippen molar-refractivity contribution >= 4 is 40.4 Å². The first-order chi connectivity index (χ1) is 16.4. The van der Waals surface area contributed by atoms with Crippen LogP contribution in [0.25, 0.3) is 11.0 Å². The van der Waals surface area contributed by atoms with Crippen LogP contribution in [0.3, 0.4) is 0 Å². The summed E-state index contributed by atoms with van der Waals surface area (Å²) in [5, 5.41) is 9.84. The molecule has 8 N–H and O–H groups in total. The predicted molar refractivity (Wildman–Crippen MR) is 116 cm³/mol. The van der Waals surface area contributed by atoms with Crippen LogP contribution in [0.2, 0.25) is 0 Å². The van der Waals surface area contributed by atoms with Crippen molar-refractivity contribution in [2.24, 2.45) is 5.92 Å². The lowest BCUT2D eigenvalue weighted by Gasteiger charge is -2.27. The monoisotopic (exact) mass is 576 g/mol. The van der Waals surface area contributed by atoms with Gasteiger partial charge in [0.25, 0.3) is 5.56 Å². The van der Waals surface area contributed by atoms with Crippen LogP contribution in [0.4, 0.5) is 10.3 Å². The predicted octanol–water partition coefficient (Wildman–Crippen LogP) is -0.114. The molecule has 200 valence electrons. The van der Waals surface area contributed by atoms with Crippen LogP contribution in [0.5, 0.6) is 0 Å². The molecule has 0 saturated carbocycles. The van der Waals surface area contributed by atoms with E-state index >= 15 is 4.39 Å². The number of alkyl halides is 1. The Bertz CT molecular complexity index is 1400. The minimum Gasteiger partial charge on any atom is -0.396 e. The standard InChI is InChI=1S/C15H20FN4O13P3/c1-3-15(16)9(6-21)10(7(2)31-35(26,27)33-36(28,29)32-34(23,24)25)30-13(15)20-5-4-8-11(20)18-14(17)19-12(8)22/h1,4-5,7,9-10,13,21H,6H2,2H3,(H,26,27)(H,28,29)(H2,23,24,25)(H3,17,18,19,22)/t7-,9?,10-,13-,15?/m1/s1. The number of nitrogens with zero attached hydrogens (tertiary/aromatic N) is 2. The molecular formula is C15H20FN4O13P3. The fourth-order valence-electron chi connectivity index (χ4n) is 3.70. The highest BCUT2D eigenvalue weighted by atomic mass is 31.3. The van der Waals surface area contributed by atoms with Crippen LogP contribution in [0, 0.1) is 18.3 Å². The number of aliphatic hydroxyl groups excluding tert-OH is 1. The van der Waals surface area contributed by atoms with Gasteiger partial charge in [0.2, 0.25) is 11.6 Å². The maximum atomic E-state index is 16.1. The number of hydrogen-bond donors (Lipinski definition) is 7. The van der Waals surface area contributed by atoms with Crippen molar-refractivity contribution in [2.45, 2.75) is 31.0 Å². The molecule has 0 aliphatic carbocycles. The summed E-state index contributed by atoms with van der Waals surface area (Å²) in [4.78, 5) is 54.6. The van der Waals surface area contributed by atoms with E-state index in [-0.39, 0.29) is 17.0 Å². The molecular weight excluding hydrogens is 556 g/mol. The number of rotatable bonds is 9. The van der Waals surface area contributed by atoms with Gasteiger partial charge in [-0.05, 0) is 13.0 Å². The van der Waals surface area contributed by atoms with Crippen LogP contribution >= 0.6 is 23.5 Å². The third-order valence-electron chi connectivity index (χ3n) is 5.03. The lowest BCUT2D eigenvalue weighted by Crippen LogP contribution is -2.41. The van der Waals surface area contributed by atoms with Crippen LogP contribution in [-0.2, 0) is 31.6 Å². The van der Waals surface area contributed by atoms with Gasteiger partial charge in [-0.3, -0.25) is 14.3 Å². The lowest BCUT2D eigenvalue weighted by atomic mass is 9.85. The largest absolute Gasteiger partial charge is 0.490 e. The lowest BCUT2D eigenvalue weighted by molar-refractivity contribution is -0.0710. The number of nitrogens with one attached hydrogen (secondary N) is 1. The zero-order chi connectivity index (χ0) is 27.3. The third kappa shape index (κ3) is 5.79. The second-order valence-electron chi connectivity index (χ2n) is 7.47. The highest BCUT2D eigenvalue weighted by Gasteiger charge is 2.60. The number of nitrogens with two attached hydrogens (primary N) is 1. The number of halogens is 1. The Labute approximate surface area is 200 Å². The number of aromatic amines is 1. The summed E-state index contributed by atoms with van der Waals surface area (Å²) in [5.41, 5.74) is 1.93. The van der Waals surface area contributed by atoms with E-state index in [1.54, 1.807) is 0 Å². The fourth-order valence-corrected chi connectivity index (χ4v) is 6.90. The van der Waals surface area contributed by atoms with E-state index in [1.165, 1.54) is 12.3 Å². The van der Waals surface area contributed by atoms with Gasteiger partial charge in [-0.1, -0.05) is 5.92 Å². The number of H-pyrrole nitrogens is 1. The van der Waals surface area contributed by atoms with Crippen LogP contribution in [0.15, 0.2) is 17.1 Å². The average molecular weight is 576 g/mol. The molecule has 0 aromatic carbocycles. The first-order valence-electron chi connectivity index (χ1n) is 9.54. The Kier molecular flexibility index (Phi) is 7.73. The Morgan fingerprint density at radius 1 is 1.33 bits per heavy atom. The molecule has 0 spiro atoms. The van der Waals surface area contributed by atoms with Gasteiger partial charge in [-0.2, -0.15) is 13.6 Å². The molecule has 0 bridgehead atoms. The molecule has 1 saturated heterocycles. The van der Waals surface area contributed by atoms with Gasteiger partial charge in [-0.25, -0.2) is 18.1 Å². The molecule has 1 aliphatic heterocycles. The SMILES string of the molecule is C#CC1(F)C(CO)[C@@H]([C@@H](C)OP(=O)(O)OP(=O)(O)OP(=O)(O)O)O[C@H]1n1ccc2c(=O)[nH]c(N)nc21. The highest BCUT2D eigenvalue weighted by Crippen LogP contribution is 2.67. The van der Waals surface area contributed by atoms with E-state index < -0.39 is 65.7 Å². The van der Waals surface area contributed by atoms with E-state index in [1.807, 2.05) is 5.92 Å². The number of aromatic nitrogens is 3. The van der Waals surface area contributed by atoms with Crippen molar-refractivity contribution in [1.82, 2.24) is 14.5 Å². The summed E-state index contributed by atoms with van der Waals surface area (Å²) < 4.78 is 69.2. The Morgan fingerprint density at radius 2 is 1.97 bits per heavy atom. The molecule has 36 heavy (non-hydrogen) atoms. The molecule has 0 amide bonds. The maximum absolute atomic E-state index is 16.1. The first-order valence-corrected chi connectivity index (χ1v) is 14.1. The highest BCUT2D eigenvalue weighted by molar-refractivity contribution is 7.66. The maximum Gasteiger partial charge on any atom is 0.490 e. The van der Waals surface area contributed by atoms with Crippen molar-refractivity contribution < 1.29 is 60.6 Å². The van der Waals surface area contributed by atoms with Crippen molar-refractivity contribution in [2.75, 3.05) is 12.3 Å². The minimum atomic E-state index is -5.82. The minimum absolute atomic E-state index is 0.0162. The van der Waals surface area contributed by atoms with Crippen molar-refractivity contribution in [1.29, 1.82) is 0 Å². The Morgan fingerprint density at radius 3 is 2.53 bits per heavy atom. The summed E-state index contributed by atoms with van der Waals surface area (Å²) in [7, 11) is -17.1. The molecule has 1 fully saturated rings. The van der Waals surface area contributed by atoms with E-state index in [9.17, 15) is 33.4 Å². The Balaban J connectivity index is 1.93. The van der Waals surface area contributed by atoms with Gasteiger partial charge in [0, 0.05) is 6.20 Å². The van der Waals surface area contributed by atoms with E-state index in [0.717, 1.165) is 11.5 Å². The number of nitrogen functional groups attached to an aromatic ring is 1. The molecule has 21 heteroatoms. The molecule has 2 aromatic rings. The van der Waals surface area contributed by atoms with Gasteiger partial charge in [0.05, 0.1) is 30.1 Å². The number of phosphoric acid groups is 3. The topological polar surface area (TPSA) is 266 Å². The summed E-state index contributed by atoms with van der Waals surface area (Å²) in [6, 6.07) is 1.26. The molecule has 1 aliphatic rings. The molecule has 7 atom stereocenters. The number of aliphatic hydroxyl groups is 1. The van der Waals surface area contributed by atoms with Gasteiger partial charge in [0.15, 0.2) is 11.9 Å². The van der Waals surface area contributed by atoms with Gasteiger partial charge in [-0.15, -0.1) is 6.42 Å². The zero-order valence-electron chi connectivity index (χ0n) is 17.9. The summed E-state index contributed by atoms with van der Waals surface area (Å²) >= 11 is 0. The average Bonchev–Trinajstić information content (AvgIpc) is 3.23. The van der Waals surface area contributed by atoms with Crippen LogP contribution < -0.4 is 11.3 Å². The van der Waals surface area contributed by atoms with E-state index in [2.05, 4.69) is 23.1 Å². The number of terminal acetylenes is 1. The van der Waals surface area contributed by atoms with Crippen LogP contribution in [-0.4, -0.2) is 63.7 Å². The zero-order valence-corrected chi connectivity index (χ0v) is 20.6. The van der Waals surface area contributed by atoms with E-state index in [4.69, 9.17) is 26.7 Å². The number of anilines is 1. The number of hydrogen-bond acceptors (Lipinski definition) is 11. The summed E-state index contributed by atoms with van der Waals surface area (Å²) in [6.45, 7) is 0.0427. The second-order valence-corrected chi connectivity index (χ2v) is 11.8. The number of ether oxygens (including phenoxy) is 1. The van der Waals surface area contributed by atoms with Crippen molar-refractivity contribution in [3.05, 3.63) is 22.6 Å². The summed E-state index contributed by atoms with van der Waals surface area (Å²) in [6.07, 6.45) is 1.49. The Hall–Kier alpha value is -1.96. The third-order valence-corrected chi connectivity index (χ3v) is 8.96. The molecule has 2 aromatic heterocycles. The van der Waals surface area contributed by atoms with Gasteiger partial charge < -0.3 is 39.7 Å². The normalized spacial score (nSPS) is 28.9. The number of phosphoric ester groups is 1. The fraction of sp³-hybridized carbons (Fsp3) is 0.467. The van der Waals surface area contributed by atoms with E-state index in [0.29, 0.717) is 0 Å². The molecule has 0 radical (unpaired) electrons. The second kappa shape index (κ2) is 9.73. The van der Waals surface area contributed by atoms with Crippen molar-refractivity contribution in [3.8, 4) is 12.3 Å². The first kappa shape index (κ1) is 28.6. The molecule has 3 rings (SSSR count). The van der Waals surface area contributed by atoms with Crippen LogP contribution in [0.1, 0.15) is 13.2 Å². The van der Waals surface area contributed by atoms with Gasteiger partial charge in [0.1, 0.15) is 0 Å². The molecule has 4 unspecified atom stereocenters. The van der Waals surface area contributed by atoms with Gasteiger partial charge >= 0.3 is 23.5 Å². The molecule has 3 heterocycles. The van der Waals surface area contributed by atoms with Crippen molar-refractivity contribution in [3.63, 3.8) is 0 Å². The molecule has 17 nitrogen and oxygen atoms in total.